The summed E-state index contributed by atoms with van der Waals surface area (Å²) in [7, 11) is 3.09. The smallest absolute Gasteiger partial charge is 0.255 e. The Morgan fingerprint density at radius 3 is 2.24 bits per heavy atom. The lowest BCUT2D eigenvalue weighted by Crippen LogP contribution is -2.12. The molecular formula is C25H21FN4O3. The Morgan fingerprint density at radius 1 is 0.848 bits per heavy atom. The summed E-state index contributed by atoms with van der Waals surface area (Å²) in [6.07, 6.45) is 1.41. The van der Waals surface area contributed by atoms with E-state index in [9.17, 15) is 9.18 Å². The number of aromatic nitrogens is 2. The number of hydrogen-bond donors (Lipinski definition) is 2. The number of nitrogens with one attached hydrogen (secondary N) is 2. The summed E-state index contributed by atoms with van der Waals surface area (Å²) in [4.78, 5) is 21.1. The molecule has 0 radical (unpaired) electrons. The molecule has 0 aliphatic heterocycles. The van der Waals surface area contributed by atoms with Crippen molar-refractivity contribution in [2.45, 2.75) is 0 Å². The van der Waals surface area contributed by atoms with Gasteiger partial charge in [-0.1, -0.05) is 12.1 Å². The van der Waals surface area contributed by atoms with Crippen LogP contribution in [-0.2, 0) is 0 Å². The molecule has 0 unspecified atom stereocenters. The summed E-state index contributed by atoms with van der Waals surface area (Å²) in [5.41, 5.74) is 3.02. The van der Waals surface area contributed by atoms with Gasteiger partial charge in [-0.2, -0.15) is 0 Å². The molecule has 0 saturated heterocycles. The van der Waals surface area contributed by atoms with Gasteiger partial charge < -0.3 is 20.1 Å². The molecule has 7 nitrogen and oxygen atoms in total. The number of amides is 1. The molecule has 0 spiro atoms. The molecule has 1 aromatic heterocycles. The second-order valence-electron chi connectivity index (χ2n) is 7.06. The third-order valence-electron chi connectivity index (χ3n) is 4.82. The molecule has 1 amide bonds. The Morgan fingerprint density at radius 2 is 1.58 bits per heavy atom. The van der Waals surface area contributed by atoms with Gasteiger partial charge in [-0.15, -0.1) is 0 Å². The maximum atomic E-state index is 13.5. The number of carbonyl (C=O) groups is 1. The molecule has 2 N–H and O–H groups in total. The Bertz CT molecular complexity index is 1260. The Kier molecular flexibility index (Phi) is 6.45. The lowest BCUT2D eigenvalue weighted by atomic mass is 10.1. The van der Waals surface area contributed by atoms with Crippen molar-refractivity contribution in [1.29, 1.82) is 0 Å². The van der Waals surface area contributed by atoms with Crippen molar-refractivity contribution in [3.63, 3.8) is 0 Å². The number of hydrogen-bond acceptors (Lipinski definition) is 6. The van der Waals surface area contributed by atoms with Gasteiger partial charge in [0.05, 0.1) is 19.9 Å². The molecular weight excluding hydrogens is 423 g/mol. The summed E-state index contributed by atoms with van der Waals surface area (Å²) in [6.45, 7) is 0. The molecule has 0 aliphatic rings. The molecule has 8 heteroatoms. The van der Waals surface area contributed by atoms with E-state index in [0.717, 1.165) is 5.69 Å². The molecule has 0 fully saturated rings. The highest BCUT2D eigenvalue weighted by molar-refractivity contribution is 6.04. The van der Waals surface area contributed by atoms with Crippen LogP contribution >= 0.6 is 0 Å². The lowest BCUT2D eigenvalue weighted by Gasteiger charge is -2.11. The van der Waals surface area contributed by atoms with Gasteiger partial charge in [0.2, 0.25) is 0 Å². The van der Waals surface area contributed by atoms with Gasteiger partial charge >= 0.3 is 0 Å². The molecule has 0 bridgehead atoms. The van der Waals surface area contributed by atoms with Gasteiger partial charge in [-0.25, -0.2) is 14.4 Å². The molecule has 3 aromatic carbocycles. The zero-order valence-corrected chi connectivity index (χ0v) is 18.0. The number of nitrogens with zero attached hydrogens (tertiary/aromatic N) is 2. The zero-order chi connectivity index (χ0) is 23.2. The summed E-state index contributed by atoms with van der Waals surface area (Å²) < 4.78 is 24.0. The van der Waals surface area contributed by atoms with E-state index >= 15 is 0 Å². The van der Waals surface area contributed by atoms with Crippen LogP contribution < -0.4 is 20.1 Å². The number of methoxy groups -OCH3 is 2. The molecule has 0 saturated carbocycles. The normalized spacial score (nSPS) is 10.4. The van der Waals surface area contributed by atoms with Crippen molar-refractivity contribution in [1.82, 2.24) is 9.97 Å². The first kappa shape index (κ1) is 21.8. The minimum absolute atomic E-state index is 0.271. The third-order valence-corrected chi connectivity index (χ3v) is 4.82. The first-order valence-electron chi connectivity index (χ1n) is 10.0. The third kappa shape index (κ3) is 5.43. The van der Waals surface area contributed by atoms with Crippen LogP contribution in [0.4, 0.5) is 21.6 Å². The average molecular weight is 444 g/mol. The predicted octanol–water partition coefficient (Wildman–Crippen LogP) is 5.30. The first-order chi connectivity index (χ1) is 16.0. The fourth-order valence-corrected chi connectivity index (χ4v) is 3.17. The van der Waals surface area contributed by atoms with Crippen molar-refractivity contribution >= 4 is 23.1 Å². The number of ether oxygens (including phenoxy) is 2. The van der Waals surface area contributed by atoms with Gasteiger partial charge in [-0.3, -0.25) is 4.79 Å². The van der Waals surface area contributed by atoms with Gasteiger partial charge in [0, 0.05) is 46.8 Å². The van der Waals surface area contributed by atoms with E-state index in [0.29, 0.717) is 39.8 Å². The molecule has 0 aliphatic carbocycles. The van der Waals surface area contributed by atoms with Crippen LogP contribution in [0.2, 0.25) is 0 Å². The van der Waals surface area contributed by atoms with E-state index < -0.39 is 0 Å². The molecule has 4 aromatic rings. The fourth-order valence-electron chi connectivity index (χ4n) is 3.17. The van der Waals surface area contributed by atoms with Crippen LogP contribution in [0, 0.1) is 5.82 Å². The van der Waals surface area contributed by atoms with Gasteiger partial charge in [0.1, 0.15) is 29.5 Å². The second kappa shape index (κ2) is 9.78. The Hall–Kier alpha value is -4.46. The van der Waals surface area contributed by atoms with E-state index in [1.165, 1.54) is 18.5 Å². The van der Waals surface area contributed by atoms with Gasteiger partial charge in [0.15, 0.2) is 0 Å². The number of halogens is 1. The van der Waals surface area contributed by atoms with Crippen molar-refractivity contribution in [3.05, 3.63) is 90.5 Å². The summed E-state index contributed by atoms with van der Waals surface area (Å²) in [5, 5.41) is 6.00. The van der Waals surface area contributed by atoms with E-state index in [1.807, 2.05) is 0 Å². The monoisotopic (exact) mass is 444 g/mol. The van der Waals surface area contributed by atoms with Crippen LogP contribution in [0.15, 0.2) is 79.1 Å². The van der Waals surface area contributed by atoms with Gasteiger partial charge in [0.25, 0.3) is 5.91 Å². The number of anilines is 3. The fraction of sp³-hybridized carbons (Fsp3) is 0.0800. The highest BCUT2D eigenvalue weighted by atomic mass is 19.1. The number of carbonyl (C=O) groups excluding carboxylic acids is 1. The summed E-state index contributed by atoms with van der Waals surface area (Å²) >= 11 is 0. The summed E-state index contributed by atoms with van der Waals surface area (Å²) in [6, 6.07) is 20.0. The SMILES string of the molecule is COc1cc(NC(=O)c2ccc(Nc3cc(-c4cccc(F)c4)ncn3)cc2)cc(OC)c1. The number of benzene rings is 3. The van der Waals surface area contributed by atoms with Crippen LogP contribution in [0.25, 0.3) is 11.3 Å². The maximum Gasteiger partial charge on any atom is 0.255 e. The molecule has 0 atom stereocenters. The van der Waals surface area contributed by atoms with E-state index in [-0.39, 0.29) is 11.7 Å². The largest absolute Gasteiger partial charge is 0.497 e. The van der Waals surface area contributed by atoms with Crippen LogP contribution in [0.3, 0.4) is 0 Å². The highest BCUT2D eigenvalue weighted by Crippen LogP contribution is 2.26. The van der Waals surface area contributed by atoms with Crippen molar-refractivity contribution < 1.29 is 18.7 Å². The minimum Gasteiger partial charge on any atom is -0.497 e. The average Bonchev–Trinajstić information content (AvgIpc) is 2.84. The van der Waals surface area contributed by atoms with E-state index in [4.69, 9.17) is 9.47 Å². The molecule has 1 heterocycles. The number of rotatable bonds is 7. The quantitative estimate of drug-likeness (QED) is 0.403. The van der Waals surface area contributed by atoms with Crippen LogP contribution in [0.1, 0.15) is 10.4 Å². The Labute approximate surface area is 190 Å². The van der Waals surface area contributed by atoms with Crippen molar-refractivity contribution in [2.75, 3.05) is 24.9 Å². The molecule has 4 rings (SSSR count). The highest BCUT2D eigenvalue weighted by Gasteiger charge is 2.09. The van der Waals surface area contributed by atoms with Crippen LogP contribution in [0.5, 0.6) is 11.5 Å². The van der Waals surface area contributed by atoms with Crippen LogP contribution in [-0.4, -0.2) is 30.1 Å². The zero-order valence-electron chi connectivity index (χ0n) is 18.0. The van der Waals surface area contributed by atoms with E-state index in [2.05, 4.69) is 20.6 Å². The maximum absolute atomic E-state index is 13.5. The molecule has 33 heavy (non-hydrogen) atoms. The standard InChI is InChI=1S/C25H21FN4O3/c1-32-21-11-20(12-22(13-21)33-2)30-25(31)16-6-8-19(9-7-16)29-24-14-23(27-15-28-24)17-4-3-5-18(26)10-17/h3-15H,1-2H3,(H,30,31)(H,27,28,29). The molecule has 166 valence electrons. The Balaban J connectivity index is 1.46. The summed E-state index contributed by atoms with van der Waals surface area (Å²) in [5.74, 6) is 1.09. The van der Waals surface area contributed by atoms with Gasteiger partial charge in [-0.05, 0) is 36.4 Å². The van der Waals surface area contributed by atoms with E-state index in [1.54, 1.807) is 74.9 Å². The lowest BCUT2D eigenvalue weighted by molar-refractivity contribution is 0.102. The predicted molar refractivity (Wildman–Crippen MR) is 125 cm³/mol. The van der Waals surface area contributed by atoms with Crippen molar-refractivity contribution in [3.8, 4) is 22.8 Å². The first-order valence-corrected chi connectivity index (χ1v) is 10.0. The topological polar surface area (TPSA) is 85.4 Å². The van der Waals surface area contributed by atoms with Crippen molar-refractivity contribution in [2.24, 2.45) is 0 Å². The second-order valence-corrected chi connectivity index (χ2v) is 7.06. The minimum atomic E-state index is -0.332.